The van der Waals surface area contributed by atoms with Crippen LogP contribution in [-0.2, 0) is 5.54 Å². The lowest BCUT2D eigenvalue weighted by molar-refractivity contribution is 0.0615. The van der Waals surface area contributed by atoms with Gasteiger partial charge in [0.05, 0.1) is 5.54 Å². The first-order chi connectivity index (χ1) is 10.3. The monoisotopic (exact) mass is 303 g/mol. The lowest BCUT2D eigenvalue weighted by Crippen LogP contribution is -2.42. The molecule has 0 bridgehead atoms. The molecule has 2 fully saturated rings. The topological polar surface area (TPSA) is 38.1 Å². The molecule has 0 radical (unpaired) electrons. The molecule has 1 aliphatic heterocycles. The van der Waals surface area contributed by atoms with Crippen LogP contribution in [0.25, 0.3) is 0 Å². The van der Waals surface area contributed by atoms with Crippen LogP contribution >= 0.6 is 0 Å². The maximum absolute atomic E-state index is 12.9. The normalized spacial score (nSPS) is 26.3. The summed E-state index contributed by atoms with van der Waals surface area (Å²) >= 11 is 0. The van der Waals surface area contributed by atoms with Gasteiger partial charge in [0.25, 0.3) is 5.91 Å². The molecule has 1 aromatic rings. The first-order valence-electron chi connectivity index (χ1n) is 8.65. The Morgan fingerprint density at radius 3 is 2.27 bits per heavy atom. The molecule has 1 aromatic heterocycles. The SMILES string of the molecule is C[C@H]1C[C@H](C)CN(C(=O)c2cc(C3CC3)n(C(C)(C)C)n2)C1. The van der Waals surface area contributed by atoms with Gasteiger partial charge < -0.3 is 4.90 Å². The van der Waals surface area contributed by atoms with Crippen molar-refractivity contribution in [1.29, 1.82) is 0 Å². The third-order valence-electron chi connectivity index (χ3n) is 4.74. The summed E-state index contributed by atoms with van der Waals surface area (Å²) in [7, 11) is 0. The molecular weight excluding hydrogens is 274 g/mol. The smallest absolute Gasteiger partial charge is 0.274 e. The largest absolute Gasteiger partial charge is 0.337 e. The summed E-state index contributed by atoms with van der Waals surface area (Å²) in [6.07, 6.45) is 3.67. The second-order valence-corrected chi connectivity index (χ2v) is 8.47. The molecule has 0 spiro atoms. The third kappa shape index (κ3) is 3.06. The molecule has 3 rings (SSSR count). The van der Waals surface area contributed by atoms with E-state index in [0.29, 0.717) is 23.4 Å². The van der Waals surface area contributed by atoms with E-state index in [0.717, 1.165) is 13.1 Å². The van der Waals surface area contributed by atoms with E-state index in [1.54, 1.807) is 0 Å². The predicted octanol–water partition coefficient (Wildman–Crippen LogP) is 3.63. The fraction of sp³-hybridized carbons (Fsp3) is 0.778. The van der Waals surface area contributed by atoms with Crippen molar-refractivity contribution in [2.45, 2.75) is 65.3 Å². The van der Waals surface area contributed by atoms with Crippen LogP contribution in [0.1, 0.15) is 76.0 Å². The van der Waals surface area contributed by atoms with Crippen LogP contribution in [0.15, 0.2) is 6.07 Å². The first-order valence-corrected chi connectivity index (χ1v) is 8.65. The molecule has 4 heteroatoms. The van der Waals surface area contributed by atoms with Crippen LogP contribution in [0, 0.1) is 11.8 Å². The number of carbonyl (C=O) groups excluding carboxylic acids is 1. The van der Waals surface area contributed by atoms with Crippen molar-refractivity contribution < 1.29 is 4.79 Å². The summed E-state index contributed by atoms with van der Waals surface area (Å²) in [5, 5.41) is 4.69. The van der Waals surface area contributed by atoms with Gasteiger partial charge in [-0.25, -0.2) is 0 Å². The lowest BCUT2D eigenvalue weighted by atomic mass is 9.92. The molecular formula is C18H29N3O. The highest BCUT2D eigenvalue weighted by atomic mass is 16.2. The Labute approximate surface area is 133 Å². The molecule has 1 aliphatic carbocycles. The van der Waals surface area contributed by atoms with Crippen LogP contribution < -0.4 is 0 Å². The summed E-state index contributed by atoms with van der Waals surface area (Å²) in [4.78, 5) is 14.9. The molecule has 1 saturated heterocycles. The summed E-state index contributed by atoms with van der Waals surface area (Å²) in [6.45, 7) is 12.7. The molecule has 2 aliphatic rings. The molecule has 0 unspecified atom stereocenters. The zero-order valence-corrected chi connectivity index (χ0v) is 14.6. The molecule has 1 amide bonds. The minimum atomic E-state index is -0.0705. The Morgan fingerprint density at radius 2 is 1.77 bits per heavy atom. The second kappa shape index (κ2) is 5.39. The maximum Gasteiger partial charge on any atom is 0.274 e. The van der Waals surface area contributed by atoms with Crippen LogP contribution in [0.5, 0.6) is 0 Å². The van der Waals surface area contributed by atoms with Crippen LogP contribution in [-0.4, -0.2) is 33.7 Å². The summed E-state index contributed by atoms with van der Waals surface area (Å²) < 4.78 is 2.08. The minimum Gasteiger partial charge on any atom is -0.337 e. The molecule has 2 atom stereocenters. The van der Waals surface area contributed by atoms with Gasteiger partial charge in [-0.15, -0.1) is 0 Å². The van der Waals surface area contributed by atoms with Gasteiger partial charge in [-0.05, 0) is 57.9 Å². The van der Waals surface area contributed by atoms with Gasteiger partial charge in [0.15, 0.2) is 5.69 Å². The Morgan fingerprint density at radius 1 is 1.18 bits per heavy atom. The van der Waals surface area contributed by atoms with Crippen LogP contribution in [0.3, 0.4) is 0 Å². The van der Waals surface area contributed by atoms with Crippen molar-refractivity contribution in [1.82, 2.24) is 14.7 Å². The fourth-order valence-corrected chi connectivity index (χ4v) is 3.70. The average molecular weight is 303 g/mol. The number of hydrogen-bond donors (Lipinski definition) is 0. The number of amides is 1. The highest BCUT2D eigenvalue weighted by Crippen LogP contribution is 2.42. The van der Waals surface area contributed by atoms with E-state index in [9.17, 15) is 4.79 Å². The zero-order valence-electron chi connectivity index (χ0n) is 14.6. The molecule has 1 saturated carbocycles. The first kappa shape index (κ1) is 15.6. The van der Waals surface area contributed by atoms with Gasteiger partial charge in [-0.1, -0.05) is 13.8 Å². The Hall–Kier alpha value is -1.32. The molecule has 22 heavy (non-hydrogen) atoms. The number of aromatic nitrogens is 2. The highest BCUT2D eigenvalue weighted by Gasteiger charge is 2.34. The third-order valence-corrected chi connectivity index (χ3v) is 4.74. The number of likely N-dealkylation sites (tertiary alicyclic amines) is 1. The quantitative estimate of drug-likeness (QED) is 0.836. The van der Waals surface area contributed by atoms with Gasteiger partial charge in [0.1, 0.15) is 0 Å². The van der Waals surface area contributed by atoms with Gasteiger partial charge in [-0.2, -0.15) is 5.10 Å². The van der Waals surface area contributed by atoms with E-state index >= 15 is 0 Å². The van der Waals surface area contributed by atoms with Crippen molar-refractivity contribution in [3.63, 3.8) is 0 Å². The number of carbonyl (C=O) groups is 1. The maximum atomic E-state index is 12.9. The van der Waals surface area contributed by atoms with Crippen molar-refractivity contribution in [2.75, 3.05) is 13.1 Å². The molecule has 0 aromatic carbocycles. The van der Waals surface area contributed by atoms with Gasteiger partial charge in [-0.3, -0.25) is 9.48 Å². The minimum absolute atomic E-state index is 0.0705. The Balaban J connectivity index is 1.86. The second-order valence-electron chi connectivity index (χ2n) is 8.47. The van der Waals surface area contributed by atoms with Crippen molar-refractivity contribution in [3.8, 4) is 0 Å². The van der Waals surface area contributed by atoms with E-state index in [-0.39, 0.29) is 11.4 Å². The fourth-order valence-electron chi connectivity index (χ4n) is 3.70. The molecule has 0 N–H and O–H groups in total. The van der Waals surface area contributed by atoms with E-state index in [2.05, 4.69) is 45.4 Å². The Kier molecular flexibility index (Phi) is 3.82. The van der Waals surface area contributed by atoms with E-state index in [1.807, 2.05) is 4.90 Å². The number of nitrogens with zero attached hydrogens (tertiary/aromatic N) is 3. The molecule has 122 valence electrons. The van der Waals surface area contributed by atoms with Crippen LogP contribution in [0.4, 0.5) is 0 Å². The van der Waals surface area contributed by atoms with Gasteiger partial charge in [0.2, 0.25) is 0 Å². The van der Waals surface area contributed by atoms with Gasteiger partial charge >= 0.3 is 0 Å². The number of rotatable bonds is 2. The highest BCUT2D eigenvalue weighted by molar-refractivity contribution is 5.92. The van der Waals surface area contributed by atoms with Crippen molar-refractivity contribution in [3.05, 3.63) is 17.5 Å². The van der Waals surface area contributed by atoms with E-state index in [4.69, 9.17) is 5.10 Å². The summed E-state index contributed by atoms with van der Waals surface area (Å²) in [5.41, 5.74) is 1.81. The zero-order chi connectivity index (χ0) is 16.1. The van der Waals surface area contributed by atoms with Crippen molar-refractivity contribution >= 4 is 5.91 Å². The molecule has 4 nitrogen and oxygen atoms in total. The average Bonchev–Trinajstić information content (AvgIpc) is 3.14. The summed E-state index contributed by atoms with van der Waals surface area (Å²) in [6, 6.07) is 2.05. The lowest BCUT2D eigenvalue weighted by Gasteiger charge is -2.34. The van der Waals surface area contributed by atoms with Crippen LogP contribution in [0.2, 0.25) is 0 Å². The summed E-state index contributed by atoms with van der Waals surface area (Å²) in [5.74, 6) is 1.89. The van der Waals surface area contributed by atoms with Crippen molar-refractivity contribution in [2.24, 2.45) is 11.8 Å². The standard InChI is InChI=1S/C18H29N3O/c1-12-8-13(2)11-20(10-12)17(22)15-9-16(14-6-7-14)21(19-15)18(3,4)5/h9,12-14H,6-8,10-11H2,1-5H3/t12-,13-/m0/s1. The Bertz CT molecular complexity index is 555. The van der Waals surface area contributed by atoms with E-state index in [1.165, 1.54) is 25.0 Å². The number of piperidine rings is 1. The van der Waals surface area contributed by atoms with Gasteiger partial charge in [0, 0.05) is 24.7 Å². The predicted molar refractivity (Wildman–Crippen MR) is 88.0 cm³/mol. The number of hydrogen-bond acceptors (Lipinski definition) is 2. The molecule has 2 heterocycles. The van der Waals surface area contributed by atoms with E-state index < -0.39 is 0 Å².